The zero-order valence-corrected chi connectivity index (χ0v) is 41.1. The van der Waals surface area contributed by atoms with E-state index < -0.39 is 0 Å². The number of rotatable bonds is 8. The van der Waals surface area contributed by atoms with Gasteiger partial charge in [0.2, 0.25) is 0 Å². The van der Waals surface area contributed by atoms with Crippen LogP contribution in [-0.2, 0) is 26.2 Å². The third-order valence-corrected chi connectivity index (χ3v) is 16.7. The molecule has 0 radical (unpaired) electrons. The fourth-order valence-electron chi connectivity index (χ4n) is 9.46. The molecule has 2 N–H and O–H groups in total. The van der Waals surface area contributed by atoms with Gasteiger partial charge in [-0.25, -0.2) is 0 Å². The van der Waals surface area contributed by atoms with E-state index in [1.54, 1.807) is 0 Å². The predicted octanol–water partition coefficient (Wildman–Crippen LogP) is 13.9. The van der Waals surface area contributed by atoms with E-state index >= 15 is 0 Å². The minimum Gasteiger partial charge on any atom is -0.392 e. The molecule has 5 heteroatoms. The molecule has 0 bridgehead atoms. The number of thioether (sulfide) groups is 2. The van der Waals surface area contributed by atoms with Gasteiger partial charge in [0.05, 0.1) is 12.2 Å². The molecule has 0 saturated heterocycles. The smallest absolute Gasteiger partial charge is 0.392 e. The average molecular weight is 911 g/mol. The molecule has 3 fully saturated rings. The standard InChI is InChI=1S/C40H60O2S2.2C7H7.Zr/c1-39(2,3)31-21-29(37(41)33(23-31)27-15-9-7-10-16-27)25-43-35-19-13-14-20-36(35)44-26-30-22-32(40(4,5)6)24-34(38(30)42)28-17-11-8-12-18-28;2*1-7-5-3-2-4-6-7;/h7-12,15-18,29-38,41-42H,13-14,19-26H2,1-6H3;2*2-6H,1H2;/q;2*-1;+2. The van der Waals surface area contributed by atoms with Crippen LogP contribution in [0.3, 0.4) is 0 Å². The normalized spacial score (nSPS) is 28.4. The minimum absolute atomic E-state index is 0. The van der Waals surface area contributed by atoms with Crippen LogP contribution >= 0.6 is 23.5 Å². The zero-order valence-electron chi connectivity index (χ0n) is 37.0. The van der Waals surface area contributed by atoms with Crippen LogP contribution in [0.5, 0.6) is 0 Å². The van der Waals surface area contributed by atoms with E-state index in [0.29, 0.717) is 34.2 Å². The van der Waals surface area contributed by atoms with Gasteiger partial charge in [-0.05, 0) is 95.7 Å². The Hall–Kier alpha value is -1.88. The summed E-state index contributed by atoms with van der Waals surface area (Å²) in [7, 11) is 0. The van der Waals surface area contributed by atoms with Crippen molar-refractivity contribution in [3.05, 3.63) is 157 Å². The monoisotopic (exact) mass is 908 g/mol. The van der Waals surface area contributed by atoms with Crippen molar-refractivity contribution < 1.29 is 36.4 Å². The maximum absolute atomic E-state index is 11.7. The molecule has 4 aromatic rings. The van der Waals surface area contributed by atoms with Crippen LogP contribution in [0.1, 0.15) is 127 Å². The van der Waals surface area contributed by atoms with Gasteiger partial charge in [0.1, 0.15) is 0 Å². The molecule has 318 valence electrons. The van der Waals surface area contributed by atoms with Gasteiger partial charge in [-0.3, -0.25) is 0 Å². The number of hydrogen-bond donors (Lipinski definition) is 2. The summed E-state index contributed by atoms with van der Waals surface area (Å²) in [6.45, 7) is 21.8. The molecular weight excluding hydrogens is 836 g/mol. The summed E-state index contributed by atoms with van der Waals surface area (Å²) in [5, 5.41) is 24.8. The van der Waals surface area contributed by atoms with Crippen molar-refractivity contribution in [1.29, 1.82) is 0 Å². The van der Waals surface area contributed by atoms with E-state index in [4.69, 9.17) is 0 Å². The van der Waals surface area contributed by atoms with Gasteiger partial charge in [-0.15, -0.1) is 24.3 Å². The van der Waals surface area contributed by atoms with E-state index in [0.717, 1.165) is 48.3 Å². The Balaban J connectivity index is 0.000000430. The van der Waals surface area contributed by atoms with Gasteiger partial charge in [0.25, 0.3) is 0 Å². The molecule has 0 aromatic heterocycles. The van der Waals surface area contributed by atoms with Gasteiger partial charge >= 0.3 is 26.2 Å². The quantitative estimate of drug-likeness (QED) is 0.173. The Morgan fingerprint density at radius 3 is 1.07 bits per heavy atom. The number of aliphatic hydroxyl groups excluding tert-OH is 2. The Morgan fingerprint density at radius 2 is 0.797 bits per heavy atom. The number of benzene rings is 4. The van der Waals surface area contributed by atoms with Crippen LogP contribution in [-0.4, -0.2) is 44.4 Å². The molecule has 10 unspecified atom stereocenters. The summed E-state index contributed by atoms with van der Waals surface area (Å²) >= 11 is 4.34. The molecule has 0 amide bonds. The van der Waals surface area contributed by atoms with Gasteiger partial charge in [0.15, 0.2) is 0 Å². The van der Waals surface area contributed by atoms with Gasteiger partial charge < -0.3 is 10.2 Å². The zero-order chi connectivity index (χ0) is 41.7. The Labute approximate surface area is 388 Å². The van der Waals surface area contributed by atoms with Crippen LogP contribution < -0.4 is 0 Å². The van der Waals surface area contributed by atoms with Gasteiger partial charge in [0, 0.05) is 22.3 Å². The second-order valence-electron chi connectivity index (χ2n) is 19.6. The van der Waals surface area contributed by atoms with Crippen molar-refractivity contribution in [3.63, 3.8) is 0 Å². The van der Waals surface area contributed by atoms with Gasteiger partial charge in [-0.2, -0.15) is 72.8 Å². The topological polar surface area (TPSA) is 40.5 Å². The summed E-state index contributed by atoms with van der Waals surface area (Å²) in [6, 6.07) is 41.3. The SMILES string of the molecule is CC(C)(C)C1CC(CSC2CCCCC2SCC2CC(C(C)(C)C)CC(c3ccccc3)C2O)C(O)C(c2ccccc2)C1.[CH2-]c1ccccc1.[CH2-]c1ccccc1.[Zr+2]. The first-order valence-electron chi connectivity index (χ1n) is 22.1. The summed E-state index contributed by atoms with van der Waals surface area (Å²) in [4.78, 5) is 0. The Morgan fingerprint density at radius 1 is 0.492 bits per heavy atom. The average Bonchev–Trinajstić information content (AvgIpc) is 3.21. The van der Waals surface area contributed by atoms with E-state index in [1.165, 1.54) is 36.8 Å². The fraction of sp³-hybridized carbons (Fsp3) is 0.519. The first-order valence-corrected chi connectivity index (χ1v) is 24.2. The third-order valence-electron chi connectivity index (χ3n) is 13.3. The van der Waals surface area contributed by atoms with Crippen LogP contribution in [0.4, 0.5) is 0 Å². The molecule has 4 aromatic carbocycles. The molecule has 3 aliphatic carbocycles. The Kier molecular flexibility index (Phi) is 20.3. The first kappa shape index (κ1) is 49.8. The summed E-state index contributed by atoms with van der Waals surface area (Å²) in [5.41, 5.74) is 5.27. The van der Waals surface area contributed by atoms with E-state index in [2.05, 4.69) is 140 Å². The maximum Gasteiger partial charge on any atom is 2.00 e. The minimum atomic E-state index is -0.264. The second kappa shape index (κ2) is 24.1. The van der Waals surface area contributed by atoms with Crippen molar-refractivity contribution >= 4 is 23.5 Å². The summed E-state index contributed by atoms with van der Waals surface area (Å²) in [6.07, 6.45) is 9.15. The fourth-order valence-corrected chi connectivity index (χ4v) is 13.0. The molecule has 2 nitrogen and oxygen atoms in total. The van der Waals surface area contributed by atoms with Gasteiger partial charge in [-0.1, -0.05) is 127 Å². The molecule has 0 spiro atoms. The van der Waals surface area contributed by atoms with Crippen LogP contribution in [0, 0.1) is 48.3 Å². The molecule has 0 heterocycles. The molecule has 59 heavy (non-hydrogen) atoms. The van der Waals surface area contributed by atoms with Crippen molar-refractivity contribution in [3.8, 4) is 0 Å². The molecule has 10 atom stereocenters. The van der Waals surface area contributed by atoms with E-state index in [1.807, 2.05) is 60.7 Å². The first-order chi connectivity index (χ1) is 27.7. The predicted molar refractivity (Wildman–Crippen MR) is 254 cm³/mol. The van der Waals surface area contributed by atoms with Crippen LogP contribution in [0.15, 0.2) is 121 Å². The summed E-state index contributed by atoms with van der Waals surface area (Å²) < 4.78 is 0. The van der Waals surface area contributed by atoms with Crippen molar-refractivity contribution in [2.45, 2.75) is 127 Å². The van der Waals surface area contributed by atoms with Crippen molar-refractivity contribution in [1.82, 2.24) is 0 Å². The molecular formula is C54H74O2S2Zr. The van der Waals surface area contributed by atoms with E-state index in [9.17, 15) is 10.2 Å². The number of hydrogen-bond acceptors (Lipinski definition) is 4. The molecule has 3 saturated carbocycles. The van der Waals surface area contributed by atoms with Crippen LogP contribution in [0.25, 0.3) is 0 Å². The second-order valence-corrected chi connectivity index (χ2v) is 22.1. The molecule has 3 aliphatic rings. The van der Waals surface area contributed by atoms with Crippen LogP contribution in [0.2, 0.25) is 0 Å². The number of aliphatic hydroxyl groups is 2. The largest absolute Gasteiger partial charge is 2.00 e. The Bertz CT molecular complexity index is 1580. The summed E-state index contributed by atoms with van der Waals surface area (Å²) in [5.74, 6) is 4.53. The third kappa shape index (κ3) is 15.5. The van der Waals surface area contributed by atoms with Crippen molar-refractivity contribution in [2.24, 2.45) is 34.5 Å². The molecule has 0 aliphatic heterocycles. The maximum atomic E-state index is 11.7. The van der Waals surface area contributed by atoms with E-state index in [-0.39, 0.29) is 61.1 Å². The van der Waals surface area contributed by atoms with Crippen molar-refractivity contribution in [2.75, 3.05) is 11.5 Å². The molecule has 7 rings (SSSR count).